The predicted molar refractivity (Wildman–Crippen MR) is 101 cm³/mol. The van der Waals surface area contributed by atoms with E-state index in [-0.39, 0.29) is 5.91 Å². The van der Waals surface area contributed by atoms with E-state index in [1.807, 2.05) is 55.3 Å². The summed E-state index contributed by atoms with van der Waals surface area (Å²) in [6, 6.07) is 13.6. The minimum atomic E-state index is -0.0658. The van der Waals surface area contributed by atoms with E-state index in [9.17, 15) is 4.79 Å². The Bertz CT molecular complexity index is 845. The highest BCUT2D eigenvalue weighted by molar-refractivity contribution is 7.18. The van der Waals surface area contributed by atoms with Gasteiger partial charge in [0.25, 0.3) is 0 Å². The number of rotatable bonds is 5. The number of fused-ring (bicyclic) bond motifs is 1. The molecule has 0 unspecified atom stereocenters. The van der Waals surface area contributed by atoms with E-state index in [4.69, 9.17) is 11.6 Å². The van der Waals surface area contributed by atoms with Gasteiger partial charge in [0.2, 0.25) is 5.91 Å². The maximum absolute atomic E-state index is 12.2. The fraction of sp³-hybridized carbons (Fsp3) is 0.222. The molecule has 0 radical (unpaired) electrons. The summed E-state index contributed by atoms with van der Waals surface area (Å²) in [7, 11) is 1.91. The first-order valence-corrected chi connectivity index (χ1v) is 8.80. The number of benzene rings is 2. The maximum atomic E-state index is 12.2. The van der Waals surface area contributed by atoms with Gasteiger partial charge in [0.05, 0.1) is 23.3 Å². The molecule has 1 aromatic heterocycles. The molecule has 6 heteroatoms. The zero-order chi connectivity index (χ0) is 17.1. The van der Waals surface area contributed by atoms with Crippen LogP contribution in [0.2, 0.25) is 5.02 Å². The Labute approximate surface area is 150 Å². The maximum Gasteiger partial charge on any atom is 0.238 e. The van der Waals surface area contributed by atoms with E-state index >= 15 is 0 Å². The van der Waals surface area contributed by atoms with Gasteiger partial charge in [0.1, 0.15) is 5.01 Å². The van der Waals surface area contributed by atoms with Crippen LogP contribution in [0.25, 0.3) is 10.2 Å². The molecule has 0 saturated carbocycles. The Balaban J connectivity index is 1.60. The van der Waals surface area contributed by atoms with Crippen LogP contribution < -0.4 is 5.32 Å². The fourth-order valence-electron chi connectivity index (χ4n) is 2.45. The Morgan fingerprint density at radius 3 is 2.83 bits per heavy atom. The number of thiazole rings is 1. The highest BCUT2D eigenvalue weighted by Crippen LogP contribution is 2.24. The van der Waals surface area contributed by atoms with Crippen molar-refractivity contribution in [3.05, 3.63) is 58.1 Å². The third kappa shape index (κ3) is 3.93. The molecule has 0 fully saturated rings. The van der Waals surface area contributed by atoms with Crippen LogP contribution in [0.4, 0.5) is 5.69 Å². The summed E-state index contributed by atoms with van der Waals surface area (Å²) in [6.07, 6.45) is 0. The van der Waals surface area contributed by atoms with Crippen LogP contribution in [0, 0.1) is 6.92 Å². The van der Waals surface area contributed by atoms with Crippen LogP contribution in [-0.2, 0) is 11.3 Å². The first kappa shape index (κ1) is 16.9. The number of aromatic nitrogens is 1. The van der Waals surface area contributed by atoms with Crippen molar-refractivity contribution >= 4 is 44.7 Å². The van der Waals surface area contributed by atoms with Crippen molar-refractivity contribution in [2.75, 3.05) is 18.9 Å². The van der Waals surface area contributed by atoms with Gasteiger partial charge in [-0.2, -0.15) is 0 Å². The molecule has 1 heterocycles. The first-order chi connectivity index (χ1) is 11.5. The molecule has 2 aromatic carbocycles. The Kier molecular flexibility index (Phi) is 5.14. The largest absolute Gasteiger partial charge is 0.325 e. The normalized spacial score (nSPS) is 11.2. The summed E-state index contributed by atoms with van der Waals surface area (Å²) >= 11 is 7.74. The molecule has 1 N–H and O–H groups in total. The Morgan fingerprint density at radius 1 is 1.25 bits per heavy atom. The lowest BCUT2D eigenvalue weighted by atomic mass is 10.2. The lowest BCUT2D eigenvalue weighted by molar-refractivity contribution is -0.117. The average Bonchev–Trinajstić information content (AvgIpc) is 2.93. The number of para-hydroxylation sites is 1. The quantitative estimate of drug-likeness (QED) is 0.737. The predicted octanol–water partition coefficient (Wildman–Crippen LogP) is 4.33. The van der Waals surface area contributed by atoms with E-state index in [0.29, 0.717) is 18.1 Å². The van der Waals surface area contributed by atoms with Gasteiger partial charge < -0.3 is 5.32 Å². The van der Waals surface area contributed by atoms with Crippen LogP contribution in [0.15, 0.2) is 42.5 Å². The molecule has 3 rings (SSSR count). The molecule has 0 aliphatic carbocycles. The van der Waals surface area contributed by atoms with Gasteiger partial charge in [0, 0.05) is 10.7 Å². The van der Waals surface area contributed by atoms with E-state index in [0.717, 1.165) is 21.8 Å². The molecule has 0 saturated heterocycles. The molecule has 24 heavy (non-hydrogen) atoms. The minimum Gasteiger partial charge on any atom is -0.325 e. The van der Waals surface area contributed by atoms with E-state index in [1.165, 1.54) is 4.70 Å². The molecular weight excluding hydrogens is 342 g/mol. The number of carbonyl (C=O) groups is 1. The highest BCUT2D eigenvalue weighted by atomic mass is 35.5. The molecule has 0 aliphatic rings. The third-order valence-electron chi connectivity index (χ3n) is 3.70. The number of nitrogens with zero attached hydrogens (tertiary/aromatic N) is 2. The molecule has 124 valence electrons. The van der Waals surface area contributed by atoms with Gasteiger partial charge >= 0.3 is 0 Å². The van der Waals surface area contributed by atoms with E-state index in [1.54, 1.807) is 11.3 Å². The zero-order valence-corrected chi connectivity index (χ0v) is 15.1. The molecule has 0 spiro atoms. The lowest BCUT2D eigenvalue weighted by Gasteiger charge is -2.15. The minimum absolute atomic E-state index is 0.0658. The molecule has 0 atom stereocenters. The summed E-state index contributed by atoms with van der Waals surface area (Å²) in [5.74, 6) is -0.0658. The van der Waals surface area contributed by atoms with Gasteiger partial charge in [-0.15, -0.1) is 11.3 Å². The summed E-state index contributed by atoms with van der Waals surface area (Å²) in [4.78, 5) is 18.8. The highest BCUT2D eigenvalue weighted by Gasteiger charge is 2.12. The van der Waals surface area contributed by atoms with E-state index in [2.05, 4.69) is 16.4 Å². The number of nitrogens with one attached hydrogen (secondary N) is 1. The molecule has 0 bridgehead atoms. The van der Waals surface area contributed by atoms with Gasteiger partial charge in [-0.25, -0.2) is 4.98 Å². The summed E-state index contributed by atoms with van der Waals surface area (Å²) in [6.45, 7) is 2.83. The van der Waals surface area contributed by atoms with Gasteiger partial charge in [0.15, 0.2) is 0 Å². The standard InChI is InChI=1S/C18H18ClN3OS/c1-12-13(19)6-5-8-14(12)20-17(23)10-22(2)11-18-21-15-7-3-4-9-16(15)24-18/h3-9H,10-11H2,1-2H3,(H,20,23). The fourth-order valence-corrected chi connectivity index (χ4v) is 3.67. The second kappa shape index (κ2) is 7.30. The molecule has 1 amide bonds. The van der Waals surface area contributed by atoms with Crippen molar-refractivity contribution in [2.45, 2.75) is 13.5 Å². The number of hydrogen-bond acceptors (Lipinski definition) is 4. The first-order valence-electron chi connectivity index (χ1n) is 7.61. The van der Waals surface area contributed by atoms with Crippen molar-refractivity contribution < 1.29 is 4.79 Å². The number of halogens is 1. The topological polar surface area (TPSA) is 45.2 Å². The SMILES string of the molecule is Cc1c(Cl)cccc1NC(=O)CN(C)Cc1nc2ccccc2s1. The van der Waals surface area contributed by atoms with Crippen LogP contribution in [-0.4, -0.2) is 29.4 Å². The van der Waals surface area contributed by atoms with Crippen LogP contribution in [0.1, 0.15) is 10.6 Å². The van der Waals surface area contributed by atoms with Crippen LogP contribution in [0.3, 0.4) is 0 Å². The van der Waals surface area contributed by atoms with Crippen molar-refractivity contribution in [1.29, 1.82) is 0 Å². The monoisotopic (exact) mass is 359 g/mol. The number of anilines is 1. The van der Waals surface area contributed by atoms with Crippen LogP contribution in [0.5, 0.6) is 0 Å². The van der Waals surface area contributed by atoms with Gasteiger partial charge in [-0.1, -0.05) is 29.8 Å². The van der Waals surface area contributed by atoms with Gasteiger partial charge in [-0.05, 0) is 43.8 Å². The number of likely N-dealkylation sites (N-methyl/N-ethyl adjacent to an activating group) is 1. The molecule has 4 nitrogen and oxygen atoms in total. The van der Waals surface area contributed by atoms with Crippen molar-refractivity contribution in [3.8, 4) is 0 Å². The smallest absolute Gasteiger partial charge is 0.238 e. The summed E-state index contributed by atoms with van der Waals surface area (Å²) < 4.78 is 1.17. The number of hydrogen-bond donors (Lipinski definition) is 1. The summed E-state index contributed by atoms with van der Waals surface area (Å²) in [5.41, 5.74) is 2.63. The second-order valence-electron chi connectivity index (χ2n) is 5.71. The number of amides is 1. The summed E-state index contributed by atoms with van der Waals surface area (Å²) in [5, 5.41) is 4.57. The second-order valence-corrected chi connectivity index (χ2v) is 7.23. The van der Waals surface area contributed by atoms with Crippen molar-refractivity contribution in [3.63, 3.8) is 0 Å². The Hall–Kier alpha value is -1.95. The van der Waals surface area contributed by atoms with Crippen molar-refractivity contribution in [2.24, 2.45) is 0 Å². The average molecular weight is 360 g/mol. The molecule has 0 aliphatic heterocycles. The van der Waals surface area contributed by atoms with E-state index < -0.39 is 0 Å². The van der Waals surface area contributed by atoms with Crippen LogP contribution >= 0.6 is 22.9 Å². The van der Waals surface area contributed by atoms with Crippen molar-refractivity contribution in [1.82, 2.24) is 9.88 Å². The van der Waals surface area contributed by atoms with Gasteiger partial charge in [-0.3, -0.25) is 9.69 Å². The third-order valence-corrected chi connectivity index (χ3v) is 5.13. The lowest BCUT2D eigenvalue weighted by Crippen LogP contribution is -2.30. The number of carbonyl (C=O) groups excluding carboxylic acids is 1. The zero-order valence-electron chi connectivity index (χ0n) is 13.5. The Morgan fingerprint density at radius 2 is 2.04 bits per heavy atom. The molecule has 3 aromatic rings. The molecular formula is C18H18ClN3OS.